The summed E-state index contributed by atoms with van der Waals surface area (Å²) in [5, 5.41) is 6.46. The SMILES string of the molecule is C=CCNc1cc(C)nc(Nc2cc(C)ccc2C)n1. The van der Waals surface area contributed by atoms with Crippen LogP contribution < -0.4 is 10.6 Å². The normalized spacial score (nSPS) is 10.2. The second kappa shape index (κ2) is 6.19. The first kappa shape index (κ1) is 14.1. The summed E-state index contributed by atoms with van der Waals surface area (Å²) < 4.78 is 0. The van der Waals surface area contributed by atoms with E-state index in [4.69, 9.17) is 0 Å². The molecule has 2 aromatic rings. The Morgan fingerprint density at radius 1 is 1.15 bits per heavy atom. The molecule has 0 saturated heterocycles. The molecule has 1 heterocycles. The molecule has 1 aromatic heterocycles. The molecule has 0 bridgehead atoms. The predicted octanol–water partition coefficient (Wildman–Crippen LogP) is 3.74. The molecular formula is C16H20N4. The van der Waals surface area contributed by atoms with Crippen molar-refractivity contribution >= 4 is 17.5 Å². The second-order valence-electron chi connectivity index (χ2n) is 4.83. The number of aryl methyl sites for hydroxylation is 3. The van der Waals surface area contributed by atoms with Crippen molar-refractivity contribution in [1.29, 1.82) is 0 Å². The highest BCUT2D eigenvalue weighted by atomic mass is 15.1. The molecule has 0 fully saturated rings. The highest BCUT2D eigenvalue weighted by Gasteiger charge is 2.04. The fourth-order valence-corrected chi connectivity index (χ4v) is 1.88. The summed E-state index contributed by atoms with van der Waals surface area (Å²) in [5.74, 6) is 1.40. The molecule has 0 amide bonds. The van der Waals surface area contributed by atoms with Crippen LogP contribution in [0.3, 0.4) is 0 Å². The van der Waals surface area contributed by atoms with Crippen molar-refractivity contribution in [2.45, 2.75) is 20.8 Å². The maximum atomic E-state index is 4.46. The first-order chi connectivity index (χ1) is 9.58. The smallest absolute Gasteiger partial charge is 0.229 e. The van der Waals surface area contributed by atoms with Crippen LogP contribution in [0.5, 0.6) is 0 Å². The number of nitrogens with zero attached hydrogens (tertiary/aromatic N) is 2. The van der Waals surface area contributed by atoms with Gasteiger partial charge < -0.3 is 10.6 Å². The summed E-state index contributed by atoms with van der Waals surface area (Å²) in [5.41, 5.74) is 4.32. The monoisotopic (exact) mass is 268 g/mol. The molecule has 1 aromatic carbocycles. The van der Waals surface area contributed by atoms with Crippen molar-refractivity contribution in [3.63, 3.8) is 0 Å². The molecule has 4 heteroatoms. The molecule has 0 radical (unpaired) electrons. The molecule has 0 aliphatic rings. The van der Waals surface area contributed by atoms with Crippen molar-refractivity contribution in [3.05, 3.63) is 53.7 Å². The number of rotatable bonds is 5. The van der Waals surface area contributed by atoms with E-state index in [0.29, 0.717) is 12.5 Å². The topological polar surface area (TPSA) is 49.8 Å². The van der Waals surface area contributed by atoms with Gasteiger partial charge in [0.1, 0.15) is 5.82 Å². The lowest BCUT2D eigenvalue weighted by Gasteiger charge is -2.11. The van der Waals surface area contributed by atoms with Gasteiger partial charge in [0, 0.05) is 24.0 Å². The maximum Gasteiger partial charge on any atom is 0.229 e. The summed E-state index contributed by atoms with van der Waals surface area (Å²) >= 11 is 0. The summed E-state index contributed by atoms with van der Waals surface area (Å²) in [7, 11) is 0. The number of nitrogens with one attached hydrogen (secondary N) is 2. The van der Waals surface area contributed by atoms with Crippen LogP contribution in [-0.4, -0.2) is 16.5 Å². The van der Waals surface area contributed by atoms with Crippen LogP contribution in [-0.2, 0) is 0 Å². The van der Waals surface area contributed by atoms with Crippen LogP contribution in [0.1, 0.15) is 16.8 Å². The lowest BCUT2D eigenvalue weighted by molar-refractivity contribution is 1.09. The Hall–Kier alpha value is -2.36. The van der Waals surface area contributed by atoms with Crippen LogP contribution in [0.15, 0.2) is 36.9 Å². The zero-order chi connectivity index (χ0) is 14.5. The summed E-state index contributed by atoms with van der Waals surface area (Å²) in [6, 6.07) is 8.19. The first-order valence-electron chi connectivity index (χ1n) is 6.63. The van der Waals surface area contributed by atoms with Gasteiger partial charge in [-0.1, -0.05) is 18.2 Å². The van der Waals surface area contributed by atoms with Gasteiger partial charge in [0.15, 0.2) is 0 Å². The summed E-state index contributed by atoms with van der Waals surface area (Å²) in [6.45, 7) is 10.5. The number of anilines is 3. The molecule has 4 nitrogen and oxygen atoms in total. The fourth-order valence-electron chi connectivity index (χ4n) is 1.88. The van der Waals surface area contributed by atoms with Crippen LogP contribution >= 0.6 is 0 Å². The van der Waals surface area contributed by atoms with Gasteiger partial charge >= 0.3 is 0 Å². The van der Waals surface area contributed by atoms with Crippen LogP contribution in [0.4, 0.5) is 17.5 Å². The van der Waals surface area contributed by atoms with E-state index in [0.717, 1.165) is 17.2 Å². The maximum absolute atomic E-state index is 4.46. The van der Waals surface area contributed by atoms with Gasteiger partial charge in [-0.05, 0) is 38.0 Å². The molecule has 0 unspecified atom stereocenters. The highest BCUT2D eigenvalue weighted by molar-refractivity contribution is 5.60. The van der Waals surface area contributed by atoms with Gasteiger partial charge in [0.2, 0.25) is 5.95 Å². The van der Waals surface area contributed by atoms with Gasteiger partial charge in [0.05, 0.1) is 0 Å². The zero-order valence-electron chi connectivity index (χ0n) is 12.2. The van der Waals surface area contributed by atoms with Gasteiger partial charge in [-0.3, -0.25) is 0 Å². The molecule has 0 atom stereocenters. The minimum absolute atomic E-state index is 0.602. The molecule has 0 aliphatic heterocycles. The van der Waals surface area contributed by atoms with Crippen molar-refractivity contribution in [3.8, 4) is 0 Å². The van der Waals surface area contributed by atoms with E-state index in [2.05, 4.69) is 59.2 Å². The summed E-state index contributed by atoms with van der Waals surface area (Å²) in [6.07, 6.45) is 1.80. The molecule has 0 aliphatic carbocycles. The third-order valence-corrected chi connectivity index (χ3v) is 2.92. The van der Waals surface area contributed by atoms with Gasteiger partial charge in [-0.2, -0.15) is 4.98 Å². The molecule has 0 saturated carbocycles. The lowest BCUT2D eigenvalue weighted by Crippen LogP contribution is -2.05. The van der Waals surface area contributed by atoms with E-state index in [1.54, 1.807) is 6.08 Å². The van der Waals surface area contributed by atoms with E-state index in [1.807, 2.05) is 13.0 Å². The Labute approximate surface area is 120 Å². The van der Waals surface area contributed by atoms with Crippen LogP contribution in [0, 0.1) is 20.8 Å². The average Bonchev–Trinajstić information content (AvgIpc) is 2.40. The van der Waals surface area contributed by atoms with E-state index < -0.39 is 0 Å². The van der Waals surface area contributed by atoms with Crippen LogP contribution in [0.25, 0.3) is 0 Å². The van der Waals surface area contributed by atoms with Crippen molar-refractivity contribution in [1.82, 2.24) is 9.97 Å². The number of hydrogen-bond acceptors (Lipinski definition) is 4. The van der Waals surface area contributed by atoms with Gasteiger partial charge in [-0.25, -0.2) is 4.98 Å². The van der Waals surface area contributed by atoms with E-state index in [1.165, 1.54) is 11.1 Å². The number of aromatic nitrogens is 2. The molecule has 0 spiro atoms. The van der Waals surface area contributed by atoms with Gasteiger partial charge in [-0.15, -0.1) is 6.58 Å². The zero-order valence-corrected chi connectivity index (χ0v) is 12.2. The summed E-state index contributed by atoms with van der Waals surface area (Å²) in [4.78, 5) is 8.88. The quantitative estimate of drug-likeness (QED) is 0.811. The van der Waals surface area contributed by atoms with E-state index in [-0.39, 0.29) is 0 Å². The molecule has 104 valence electrons. The lowest BCUT2D eigenvalue weighted by atomic mass is 10.1. The Kier molecular flexibility index (Phi) is 4.35. The Bertz CT molecular complexity index is 620. The van der Waals surface area contributed by atoms with E-state index >= 15 is 0 Å². The molecule has 2 N–H and O–H groups in total. The Morgan fingerprint density at radius 3 is 2.70 bits per heavy atom. The van der Waals surface area contributed by atoms with Crippen molar-refractivity contribution in [2.75, 3.05) is 17.2 Å². The minimum Gasteiger partial charge on any atom is -0.366 e. The molecule has 2 rings (SSSR count). The minimum atomic E-state index is 0.602. The molecule has 20 heavy (non-hydrogen) atoms. The van der Waals surface area contributed by atoms with Crippen molar-refractivity contribution < 1.29 is 0 Å². The predicted molar refractivity (Wildman–Crippen MR) is 84.7 cm³/mol. The highest BCUT2D eigenvalue weighted by Crippen LogP contribution is 2.20. The third-order valence-electron chi connectivity index (χ3n) is 2.92. The average molecular weight is 268 g/mol. The number of hydrogen-bond donors (Lipinski definition) is 2. The fraction of sp³-hybridized carbons (Fsp3) is 0.250. The standard InChI is InChI=1S/C16H20N4/c1-5-8-17-15-10-13(4)18-16(20-15)19-14-9-11(2)6-7-12(14)3/h5-7,9-10H,1,8H2,2-4H3,(H2,17,18,19,20). The largest absolute Gasteiger partial charge is 0.366 e. The molecular weight excluding hydrogens is 248 g/mol. The second-order valence-corrected chi connectivity index (χ2v) is 4.83. The number of benzene rings is 1. The van der Waals surface area contributed by atoms with E-state index in [9.17, 15) is 0 Å². The third kappa shape index (κ3) is 3.57. The van der Waals surface area contributed by atoms with Gasteiger partial charge in [0.25, 0.3) is 0 Å². The first-order valence-corrected chi connectivity index (χ1v) is 6.63. The van der Waals surface area contributed by atoms with Crippen molar-refractivity contribution in [2.24, 2.45) is 0 Å². The Morgan fingerprint density at radius 2 is 1.95 bits per heavy atom. The van der Waals surface area contributed by atoms with Crippen LogP contribution in [0.2, 0.25) is 0 Å². The Balaban J connectivity index is 2.26.